The van der Waals surface area contributed by atoms with Crippen LogP contribution in [-0.4, -0.2) is 18.9 Å². The first-order valence-corrected chi connectivity index (χ1v) is 10.0. The van der Waals surface area contributed by atoms with Gasteiger partial charge < -0.3 is 9.47 Å². The number of benzene rings is 2. The molecule has 1 fully saturated rings. The van der Waals surface area contributed by atoms with E-state index in [-0.39, 0.29) is 5.41 Å². The number of nitriles is 1. The third-order valence-electron chi connectivity index (χ3n) is 6.24. The van der Waals surface area contributed by atoms with Crippen molar-refractivity contribution >= 4 is 5.71 Å². The average molecular weight is 374 g/mol. The Kier molecular flexibility index (Phi) is 5.45. The molecule has 0 unspecified atom stereocenters. The quantitative estimate of drug-likeness (QED) is 0.703. The first kappa shape index (κ1) is 18.7. The zero-order valence-corrected chi connectivity index (χ0v) is 16.4. The van der Waals surface area contributed by atoms with E-state index in [1.807, 2.05) is 24.3 Å². The Balaban J connectivity index is 1.59. The van der Waals surface area contributed by atoms with Crippen molar-refractivity contribution in [2.75, 3.05) is 7.11 Å². The highest BCUT2D eigenvalue weighted by Crippen LogP contribution is 2.47. The van der Waals surface area contributed by atoms with E-state index in [0.717, 1.165) is 61.1 Å². The fourth-order valence-electron chi connectivity index (χ4n) is 4.75. The average Bonchev–Trinajstić information content (AvgIpc) is 2.87. The third kappa shape index (κ3) is 3.68. The molecule has 0 N–H and O–H groups in total. The first-order chi connectivity index (χ1) is 13.7. The summed E-state index contributed by atoms with van der Waals surface area (Å²) >= 11 is 0. The predicted octanol–water partition coefficient (Wildman–Crippen LogP) is 5.06. The van der Waals surface area contributed by atoms with E-state index in [2.05, 4.69) is 35.5 Å². The van der Waals surface area contributed by atoms with Gasteiger partial charge in [0.25, 0.3) is 0 Å². The van der Waals surface area contributed by atoms with Crippen molar-refractivity contribution in [3.05, 3.63) is 65.2 Å². The van der Waals surface area contributed by atoms with Crippen LogP contribution in [0.15, 0.2) is 53.5 Å². The Morgan fingerprint density at radius 2 is 2.00 bits per heavy atom. The molecule has 2 aliphatic rings. The van der Waals surface area contributed by atoms with Gasteiger partial charge >= 0.3 is 0 Å². The van der Waals surface area contributed by atoms with Gasteiger partial charge in [-0.25, -0.2) is 0 Å². The van der Waals surface area contributed by atoms with Crippen LogP contribution >= 0.6 is 0 Å². The molecular weight excluding hydrogens is 348 g/mol. The van der Waals surface area contributed by atoms with Gasteiger partial charge in [-0.1, -0.05) is 36.4 Å². The van der Waals surface area contributed by atoms with Crippen molar-refractivity contribution in [2.24, 2.45) is 10.4 Å². The first-order valence-electron chi connectivity index (χ1n) is 10.0. The maximum Gasteiger partial charge on any atom is 0.205 e. The van der Waals surface area contributed by atoms with E-state index in [0.29, 0.717) is 12.7 Å². The van der Waals surface area contributed by atoms with Gasteiger partial charge in [-0.2, -0.15) is 10.3 Å². The lowest BCUT2D eigenvalue weighted by Crippen LogP contribution is -2.28. The zero-order chi connectivity index (χ0) is 19.4. The number of aliphatic imine (C=N–C) groups is 1. The molecule has 0 heterocycles. The van der Waals surface area contributed by atoms with Gasteiger partial charge in [0, 0.05) is 18.1 Å². The molecule has 1 saturated carbocycles. The molecule has 144 valence electrons. The summed E-state index contributed by atoms with van der Waals surface area (Å²) in [6, 6.07) is 16.4. The van der Waals surface area contributed by atoms with Gasteiger partial charge in [0.05, 0.1) is 11.8 Å². The molecule has 2 aromatic rings. The second kappa shape index (κ2) is 8.16. The van der Waals surface area contributed by atoms with Gasteiger partial charge in [0.2, 0.25) is 6.19 Å². The van der Waals surface area contributed by atoms with Gasteiger partial charge in [-0.3, -0.25) is 0 Å². The molecule has 4 heteroatoms. The Morgan fingerprint density at radius 3 is 2.79 bits per heavy atom. The molecule has 0 amide bonds. The topological polar surface area (TPSA) is 54.6 Å². The van der Waals surface area contributed by atoms with Crippen molar-refractivity contribution < 1.29 is 9.47 Å². The summed E-state index contributed by atoms with van der Waals surface area (Å²) in [5.41, 5.74) is 4.41. The maximum atomic E-state index is 9.36. The minimum atomic E-state index is -0.0383. The number of ether oxygens (including phenoxy) is 2. The zero-order valence-electron chi connectivity index (χ0n) is 16.4. The molecule has 0 aromatic heterocycles. The van der Waals surface area contributed by atoms with Crippen LogP contribution in [0.25, 0.3) is 0 Å². The second-order valence-electron chi connectivity index (χ2n) is 7.90. The lowest BCUT2D eigenvalue weighted by atomic mass is 9.76. The molecule has 28 heavy (non-hydrogen) atoms. The minimum absolute atomic E-state index is 0.0383. The van der Waals surface area contributed by atoms with Crippen LogP contribution in [0.5, 0.6) is 5.75 Å². The molecule has 4 rings (SSSR count). The molecule has 1 spiro atoms. The normalized spacial score (nSPS) is 25.3. The number of fused-ring (bicyclic) bond motifs is 1. The largest absolute Gasteiger partial charge is 0.489 e. The van der Waals surface area contributed by atoms with Crippen LogP contribution in [-0.2, 0) is 17.8 Å². The van der Waals surface area contributed by atoms with Crippen LogP contribution < -0.4 is 4.74 Å². The molecule has 0 bridgehead atoms. The molecule has 2 aromatic carbocycles. The van der Waals surface area contributed by atoms with E-state index in [1.54, 1.807) is 7.11 Å². The SMILES string of the molecule is CO[C@H]1CCC[C@]2(CC1)Cc1ccc(OCc3ccccc3)cc1C2=NC#N. The van der Waals surface area contributed by atoms with Crippen LogP contribution in [0.1, 0.15) is 48.8 Å². The monoisotopic (exact) mass is 374 g/mol. The van der Waals surface area contributed by atoms with E-state index in [9.17, 15) is 5.26 Å². The third-order valence-corrected chi connectivity index (χ3v) is 6.24. The van der Waals surface area contributed by atoms with Gasteiger partial charge in [0.1, 0.15) is 12.4 Å². The predicted molar refractivity (Wildman–Crippen MR) is 109 cm³/mol. The van der Waals surface area contributed by atoms with E-state index < -0.39 is 0 Å². The molecule has 0 saturated heterocycles. The Bertz CT molecular complexity index is 901. The van der Waals surface area contributed by atoms with E-state index >= 15 is 0 Å². The van der Waals surface area contributed by atoms with Gasteiger partial charge in [-0.05, 0) is 61.8 Å². The highest BCUT2D eigenvalue weighted by atomic mass is 16.5. The standard InChI is InChI=1S/C24H26N2O2/c1-27-20-8-5-12-24(13-11-20)15-19-9-10-21(14-22(19)23(24)26-17-25)28-16-18-6-3-2-4-7-18/h2-4,6-7,9-10,14,20H,5,8,11-13,15-16H2,1H3/t20-,24-/m0/s1. The van der Waals surface area contributed by atoms with Crippen LogP contribution in [0.2, 0.25) is 0 Å². The Morgan fingerprint density at radius 1 is 1.14 bits per heavy atom. The number of hydrogen-bond donors (Lipinski definition) is 0. The summed E-state index contributed by atoms with van der Waals surface area (Å²) in [6.07, 6.45) is 8.61. The van der Waals surface area contributed by atoms with Crippen molar-refractivity contribution in [3.63, 3.8) is 0 Å². The number of rotatable bonds is 4. The van der Waals surface area contributed by atoms with E-state index in [4.69, 9.17) is 9.47 Å². The number of methoxy groups -OCH3 is 1. The van der Waals surface area contributed by atoms with Gasteiger partial charge in [0.15, 0.2) is 0 Å². The van der Waals surface area contributed by atoms with Crippen molar-refractivity contribution in [3.8, 4) is 11.9 Å². The van der Waals surface area contributed by atoms with Crippen LogP contribution in [0.3, 0.4) is 0 Å². The minimum Gasteiger partial charge on any atom is -0.489 e. The highest BCUT2D eigenvalue weighted by molar-refractivity contribution is 6.09. The Labute approximate surface area is 166 Å². The summed E-state index contributed by atoms with van der Waals surface area (Å²) < 4.78 is 11.6. The lowest BCUT2D eigenvalue weighted by Gasteiger charge is -2.28. The molecule has 4 nitrogen and oxygen atoms in total. The summed E-state index contributed by atoms with van der Waals surface area (Å²) in [7, 11) is 1.80. The van der Waals surface area contributed by atoms with Gasteiger partial charge in [-0.15, -0.1) is 0 Å². The van der Waals surface area contributed by atoms with Crippen LogP contribution in [0.4, 0.5) is 0 Å². The maximum absolute atomic E-state index is 9.36. The van der Waals surface area contributed by atoms with E-state index in [1.165, 1.54) is 5.56 Å². The molecule has 0 radical (unpaired) electrons. The Hall–Kier alpha value is -2.64. The smallest absolute Gasteiger partial charge is 0.205 e. The van der Waals surface area contributed by atoms with Crippen molar-refractivity contribution in [2.45, 2.75) is 51.2 Å². The number of hydrogen-bond acceptors (Lipinski definition) is 4. The molecule has 0 aliphatic heterocycles. The van der Waals surface area contributed by atoms with Crippen molar-refractivity contribution in [1.29, 1.82) is 5.26 Å². The fraction of sp³-hybridized carbons (Fsp3) is 0.417. The summed E-state index contributed by atoms with van der Waals surface area (Å²) in [6.45, 7) is 0.533. The van der Waals surface area contributed by atoms with Crippen molar-refractivity contribution in [1.82, 2.24) is 0 Å². The molecule has 2 atom stereocenters. The van der Waals surface area contributed by atoms with Crippen LogP contribution in [0, 0.1) is 16.9 Å². The summed E-state index contributed by atoms with van der Waals surface area (Å²) in [5, 5.41) is 9.36. The highest BCUT2D eigenvalue weighted by Gasteiger charge is 2.44. The summed E-state index contributed by atoms with van der Waals surface area (Å²) in [5.74, 6) is 0.827. The molecule has 2 aliphatic carbocycles. The second-order valence-corrected chi connectivity index (χ2v) is 7.90. The summed E-state index contributed by atoms with van der Waals surface area (Å²) in [4.78, 5) is 4.32. The molecular formula is C24H26N2O2. The number of nitrogens with zero attached hydrogens (tertiary/aromatic N) is 2. The fourth-order valence-corrected chi connectivity index (χ4v) is 4.75. The lowest BCUT2D eigenvalue weighted by molar-refractivity contribution is 0.0882.